The van der Waals surface area contributed by atoms with Crippen LogP contribution in [-0.2, 0) is 16.8 Å². The van der Waals surface area contributed by atoms with Crippen molar-refractivity contribution in [3.8, 4) is 0 Å². The molecule has 1 aromatic heterocycles. The van der Waals surface area contributed by atoms with Crippen molar-refractivity contribution in [2.75, 3.05) is 7.05 Å². The van der Waals surface area contributed by atoms with Gasteiger partial charge in [-0.25, -0.2) is 4.79 Å². The molecule has 2 rings (SSSR count). The first-order valence-corrected chi connectivity index (χ1v) is 9.14. The zero-order valence-electron chi connectivity index (χ0n) is 13.9. The number of hydrogen-bond acceptors (Lipinski definition) is 4. The van der Waals surface area contributed by atoms with Gasteiger partial charge in [-0.3, -0.25) is 14.3 Å². The number of hydrogen-bond donors (Lipinski definition) is 2. The molecule has 0 saturated heterocycles. The Morgan fingerprint density at radius 2 is 1.96 bits per heavy atom. The zero-order valence-corrected chi connectivity index (χ0v) is 14.7. The summed E-state index contributed by atoms with van der Waals surface area (Å²) < 4.78 is 29.7. The minimum Gasteiger partial charge on any atom is -0.298 e. The molecule has 1 saturated carbocycles. The normalized spacial score (nSPS) is 17.0. The second-order valence-electron chi connectivity index (χ2n) is 6.34. The van der Waals surface area contributed by atoms with Gasteiger partial charge in [0.05, 0.1) is 0 Å². The van der Waals surface area contributed by atoms with Gasteiger partial charge in [0, 0.05) is 37.4 Å². The number of rotatable bonds is 7. The Labute approximate surface area is 135 Å². The fourth-order valence-corrected chi connectivity index (χ4v) is 3.55. The van der Waals surface area contributed by atoms with Gasteiger partial charge in [0.15, 0.2) is 0 Å². The van der Waals surface area contributed by atoms with Gasteiger partial charge in [-0.1, -0.05) is 0 Å². The Morgan fingerprint density at radius 1 is 1.35 bits per heavy atom. The SMILES string of the molecule is CC(C1CC1)N(C)S(=O)(=O)NCc1cn(C(C)C)c(=O)[nH]c1=O. The lowest BCUT2D eigenvalue weighted by Crippen LogP contribution is -2.44. The fraction of sp³-hybridized carbons (Fsp3) is 0.714. The van der Waals surface area contributed by atoms with Crippen LogP contribution in [0, 0.1) is 5.92 Å². The maximum atomic E-state index is 12.3. The second-order valence-corrected chi connectivity index (χ2v) is 8.15. The van der Waals surface area contributed by atoms with E-state index in [0.29, 0.717) is 5.92 Å². The van der Waals surface area contributed by atoms with Crippen LogP contribution < -0.4 is 16.0 Å². The molecule has 1 unspecified atom stereocenters. The van der Waals surface area contributed by atoms with E-state index in [2.05, 4.69) is 9.71 Å². The first-order chi connectivity index (χ1) is 10.6. The van der Waals surface area contributed by atoms with Crippen LogP contribution in [0.3, 0.4) is 0 Å². The van der Waals surface area contributed by atoms with Crippen LogP contribution in [0.15, 0.2) is 15.8 Å². The van der Waals surface area contributed by atoms with Crippen LogP contribution >= 0.6 is 0 Å². The van der Waals surface area contributed by atoms with Gasteiger partial charge in [0.1, 0.15) is 0 Å². The Bertz CT molecular complexity index is 777. The van der Waals surface area contributed by atoms with E-state index < -0.39 is 21.5 Å². The van der Waals surface area contributed by atoms with E-state index in [1.807, 2.05) is 6.92 Å². The van der Waals surface area contributed by atoms with Gasteiger partial charge in [0.25, 0.3) is 15.8 Å². The van der Waals surface area contributed by atoms with Gasteiger partial charge in [-0.15, -0.1) is 0 Å². The molecular formula is C14H24N4O4S. The second kappa shape index (κ2) is 6.58. The predicted octanol–water partition coefficient (Wildman–Crippen LogP) is 0.182. The highest BCUT2D eigenvalue weighted by Gasteiger charge is 2.35. The van der Waals surface area contributed by atoms with Crippen molar-refractivity contribution in [1.82, 2.24) is 18.6 Å². The summed E-state index contributed by atoms with van der Waals surface area (Å²) in [6.07, 6.45) is 3.48. The lowest BCUT2D eigenvalue weighted by atomic mass is 10.2. The van der Waals surface area contributed by atoms with Crippen LogP contribution in [0.5, 0.6) is 0 Å². The summed E-state index contributed by atoms with van der Waals surface area (Å²) in [5.74, 6) is 0.405. The van der Waals surface area contributed by atoms with Crippen LogP contribution in [0.25, 0.3) is 0 Å². The summed E-state index contributed by atoms with van der Waals surface area (Å²) in [7, 11) is -2.15. The van der Waals surface area contributed by atoms with Gasteiger partial charge in [-0.2, -0.15) is 17.4 Å². The van der Waals surface area contributed by atoms with Crippen molar-refractivity contribution in [3.05, 3.63) is 32.6 Å². The first-order valence-electron chi connectivity index (χ1n) is 7.70. The van der Waals surface area contributed by atoms with Crippen molar-refractivity contribution >= 4 is 10.2 Å². The number of aromatic amines is 1. The molecule has 2 N–H and O–H groups in total. The van der Waals surface area contributed by atoms with Gasteiger partial charge < -0.3 is 0 Å². The molecule has 1 atom stereocenters. The molecule has 9 heteroatoms. The smallest absolute Gasteiger partial charge is 0.298 e. The maximum absolute atomic E-state index is 12.3. The topological polar surface area (TPSA) is 104 Å². The molecule has 0 radical (unpaired) electrons. The molecule has 130 valence electrons. The van der Waals surface area contributed by atoms with E-state index in [1.54, 1.807) is 13.8 Å². The van der Waals surface area contributed by atoms with Crippen molar-refractivity contribution in [2.24, 2.45) is 5.92 Å². The Hall–Kier alpha value is -1.45. The third kappa shape index (κ3) is 4.10. The summed E-state index contributed by atoms with van der Waals surface area (Å²) in [5.41, 5.74) is -0.877. The molecule has 1 fully saturated rings. The van der Waals surface area contributed by atoms with Crippen molar-refractivity contribution < 1.29 is 8.42 Å². The molecule has 1 aliphatic carbocycles. The van der Waals surface area contributed by atoms with E-state index in [4.69, 9.17) is 0 Å². The molecule has 0 bridgehead atoms. The third-order valence-corrected chi connectivity index (χ3v) is 5.90. The van der Waals surface area contributed by atoms with E-state index in [-0.39, 0.29) is 24.2 Å². The molecule has 8 nitrogen and oxygen atoms in total. The summed E-state index contributed by atoms with van der Waals surface area (Å²) in [6.45, 7) is 5.33. The van der Waals surface area contributed by atoms with Crippen LogP contribution in [0.1, 0.15) is 45.2 Å². The highest BCUT2D eigenvalue weighted by molar-refractivity contribution is 7.87. The van der Waals surface area contributed by atoms with E-state index >= 15 is 0 Å². The standard InChI is InChI=1S/C14H24N4O4S/c1-9(2)18-8-12(13(19)16-14(18)20)7-15-23(21,22)17(4)10(3)11-5-6-11/h8-11,15H,5-7H2,1-4H3,(H,16,19,20). The lowest BCUT2D eigenvalue weighted by molar-refractivity contribution is 0.351. The average Bonchev–Trinajstić information content (AvgIpc) is 3.28. The molecule has 0 spiro atoms. The molecule has 1 aliphatic rings. The largest absolute Gasteiger partial charge is 0.328 e. The lowest BCUT2D eigenvalue weighted by Gasteiger charge is -2.24. The highest BCUT2D eigenvalue weighted by Crippen LogP contribution is 2.35. The molecule has 0 aliphatic heterocycles. The number of aromatic nitrogens is 2. The average molecular weight is 344 g/mol. The minimum atomic E-state index is -3.68. The van der Waals surface area contributed by atoms with E-state index in [0.717, 1.165) is 12.8 Å². The van der Waals surface area contributed by atoms with Gasteiger partial charge in [-0.05, 0) is 39.5 Å². The zero-order chi connectivity index (χ0) is 17.4. The van der Waals surface area contributed by atoms with Crippen LogP contribution in [0.4, 0.5) is 0 Å². The molecule has 0 aromatic carbocycles. The minimum absolute atomic E-state index is 0.0737. The van der Waals surface area contributed by atoms with Crippen LogP contribution in [-0.4, -0.2) is 35.4 Å². The maximum Gasteiger partial charge on any atom is 0.328 e. The van der Waals surface area contributed by atoms with Crippen molar-refractivity contribution in [1.29, 1.82) is 0 Å². The fourth-order valence-electron chi connectivity index (χ4n) is 2.40. The Balaban J connectivity index is 2.15. The van der Waals surface area contributed by atoms with Crippen molar-refractivity contribution in [2.45, 2.75) is 52.2 Å². The number of H-pyrrole nitrogens is 1. The first kappa shape index (κ1) is 17.9. The number of nitrogens with zero attached hydrogens (tertiary/aromatic N) is 2. The molecule has 0 amide bonds. The van der Waals surface area contributed by atoms with Gasteiger partial charge >= 0.3 is 5.69 Å². The van der Waals surface area contributed by atoms with E-state index in [9.17, 15) is 18.0 Å². The van der Waals surface area contributed by atoms with E-state index in [1.165, 1.54) is 22.1 Å². The monoisotopic (exact) mass is 344 g/mol. The summed E-state index contributed by atoms with van der Waals surface area (Å²) in [6, 6.07) is -0.206. The molecule has 1 aromatic rings. The summed E-state index contributed by atoms with van der Waals surface area (Å²) in [4.78, 5) is 25.7. The Morgan fingerprint density at radius 3 is 2.48 bits per heavy atom. The third-order valence-electron chi connectivity index (χ3n) is 4.30. The predicted molar refractivity (Wildman–Crippen MR) is 87.4 cm³/mol. The molecule has 1 heterocycles. The summed E-state index contributed by atoms with van der Waals surface area (Å²) >= 11 is 0. The number of nitrogens with one attached hydrogen (secondary N) is 2. The quantitative estimate of drug-likeness (QED) is 0.736. The van der Waals surface area contributed by atoms with Crippen LogP contribution in [0.2, 0.25) is 0 Å². The molecule has 23 heavy (non-hydrogen) atoms. The summed E-state index contributed by atoms with van der Waals surface area (Å²) in [5, 5.41) is 0. The highest BCUT2D eigenvalue weighted by atomic mass is 32.2. The molecular weight excluding hydrogens is 320 g/mol. The van der Waals surface area contributed by atoms with Crippen molar-refractivity contribution in [3.63, 3.8) is 0 Å². The van der Waals surface area contributed by atoms with Gasteiger partial charge in [0.2, 0.25) is 0 Å². The Kier molecular flexibility index (Phi) is 5.12.